The first-order valence-corrected chi connectivity index (χ1v) is 5.86. The van der Waals surface area contributed by atoms with Crippen LogP contribution in [-0.2, 0) is 9.59 Å². The lowest BCUT2D eigenvalue weighted by Crippen LogP contribution is -2.54. The Morgan fingerprint density at radius 1 is 1.41 bits per heavy atom. The molecule has 3 N–H and O–H groups in total. The molecule has 6 nitrogen and oxygen atoms in total. The quantitative estimate of drug-likeness (QED) is 0.480. The third-order valence-corrected chi connectivity index (χ3v) is 2.46. The topological polar surface area (TPSA) is 95.5 Å². The zero-order valence-corrected chi connectivity index (χ0v) is 10.6. The van der Waals surface area contributed by atoms with E-state index in [2.05, 4.69) is 17.2 Å². The fourth-order valence-corrected chi connectivity index (χ4v) is 1.32. The van der Waals surface area contributed by atoms with E-state index in [-0.39, 0.29) is 18.2 Å². The van der Waals surface area contributed by atoms with E-state index in [1.54, 1.807) is 13.8 Å². The molecular formula is C10H16N2O4S. The first kappa shape index (κ1) is 15.5. The van der Waals surface area contributed by atoms with Crippen molar-refractivity contribution in [3.8, 4) is 0 Å². The van der Waals surface area contributed by atoms with Crippen molar-refractivity contribution >= 4 is 28.9 Å². The van der Waals surface area contributed by atoms with Crippen molar-refractivity contribution in [2.75, 3.05) is 12.3 Å². The highest BCUT2D eigenvalue weighted by Crippen LogP contribution is 2.03. The Labute approximate surface area is 104 Å². The zero-order chi connectivity index (χ0) is 13.5. The molecule has 0 aliphatic heterocycles. The van der Waals surface area contributed by atoms with Crippen LogP contribution in [-0.4, -0.2) is 40.1 Å². The maximum absolute atomic E-state index is 11.6. The smallest absolute Gasteiger partial charge is 0.364 e. The van der Waals surface area contributed by atoms with Crippen LogP contribution in [0.5, 0.6) is 0 Å². The van der Waals surface area contributed by atoms with Crippen molar-refractivity contribution < 1.29 is 19.5 Å². The second kappa shape index (κ2) is 6.95. The van der Waals surface area contributed by atoms with Gasteiger partial charge >= 0.3 is 5.30 Å². The van der Waals surface area contributed by atoms with Gasteiger partial charge in [-0.2, -0.15) is 0 Å². The molecule has 0 saturated carbocycles. The van der Waals surface area contributed by atoms with Gasteiger partial charge < -0.3 is 15.7 Å². The van der Waals surface area contributed by atoms with Crippen molar-refractivity contribution in [1.82, 2.24) is 10.6 Å². The Hall–Kier alpha value is -1.50. The number of carbonyl (C=O) groups excluding carboxylic acids is 2. The van der Waals surface area contributed by atoms with Crippen LogP contribution in [0, 0.1) is 0 Å². The molecule has 0 unspecified atom stereocenters. The standard InChI is InChI=1S/C10H16N2O4S/c1-4-7(13)12-10(2,3)8(14)11-5-6-17-9(15)16/h4H,1,5-6H2,2-3H3,(H,11,14)(H,12,13)(H,15,16). The lowest BCUT2D eigenvalue weighted by atomic mass is 10.0. The highest BCUT2D eigenvalue weighted by molar-refractivity contribution is 8.13. The van der Waals surface area contributed by atoms with Gasteiger partial charge in [0.15, 0.2) is 0 Å². The zero-order valence-electron chi connectivity index (χ0n) is 9.78. The van der Waals surface area contributed by atoms with Gasteiger partial charge in [0.2, 0.25) is 11.8 Å². The second-order valence-electron chi connectivity index (χ2n) is 3.69. The second-order valence-corrected chi connectivity index (χ2v) is 4.73. The summed E-state index contributed by atoms with van der Waals surface area (Å²) in [5, 5.41) is 12.4. The van der Waals surface area contributed by atoms with Crippen LogP contribution < -0.4 is 10.6 Å². The Morgan fingerprint density at radius 3 is 2.47 bits per heavy atom. The molecular weight excluding hydrogens is 244 g/mol. The summed E-state index contributed by atoms with van der Waals surface area (Å²) in [5.74, 6) is -0.546. The number of carbonyl (C=O) groups is 3. The molecule has 0 aliphatic carbocycles. The van der Waals surface area contributed by atoms with Crippen LogP contribution in [0.25, 0.3) is 0 Å². The molecule has 0 aromatic carbocycles. The number of rotatable bonds is 6. The Balaban J connectivity index is 4.07. The van der Waals surface area contributed by atoms with Crippen molar-refractivity contribution in [2.45, 2.75) is 19.4 Å². The molecule has 0 fully saturated rings. The summed E-state index contributed by atoms with van der Waals surface area (Å²) < 4.78 is 0. The highest BCUT2D eigenvalue weighted by atomic mass is 32.2. The molecule has 0 saturated heterocycles. The molecule has 0 aromatic rings. The fourth-order valence-electron chi connectivity index (χ4n) is 0.940. The van der Waals surface area contributed by atoms with Gasteiger partial charge in [-0.15, -0.1) is 0 Å². The summed E-state index contributed by atoms with van der Waals surface area (Å²) in [6, 6.07) is 0. The van der Waals surface area contributed by atoms with Crippen LogP contribution in [0.1, 0.15) is 13.8 Å². The molecule has 0 aliphatic rings. The maximum Gasteiger partial charge on any atom is 0.364 e. The van der Waals surface area contributed by atoms with Gasteiger partial charge in [0, 0.05) is 12.3 Å². The lowest BCUT2D eigenvalue weighted by molar-refractivity contribution is -0.130. The Morgan fingerprint density at radius 2 is 2.00 bits per heavy atom. The van der Waals surface area contributed by atoms with Crippen molar-refractivity contribution in [3.05, 3.63) is 12.7 Å². The molecule has 2 amide bonds. The van der Waals surface area contributed by atoms with Gasteiger partial charge in [0.25, 0.3) is 0 Å². The van der Waals surface area contributed by atoms with Crippen LogP contribution in [0.15, 0.2) is 12.7 Å². The van der Waals surface area contributed by atoms with Gasteiger partial charge in [0.1, 0.15) is 5.54 Å². The summed E-state index contributed by atoms with van der Waals surface area (Å²) in [7, 11) is 0. The first-order valence-electron chi connectivity index (χ1n) is 4.88. The number of carboxylic acid groups (broad SMARTS) is 1. The predicted molar refractivity (Wildman–Crippen MR) is 65.9 cm³/mol. The fraction of sp³-hybridized carbons (Fsp3) is 0.500. The minimum absolute atomic E-state index is 0.225. The van der Waals surface area contributed by atoms with E-state index in [1.165, 1.54) is 0 Å². The predicted octanol–water partition coefficient (Wildman–Crippen LogP) is 0.595. The van der Waals surface area contributed by atoms with Crippen LogP contribution >= 0.6 is 11.8 Å². The highest BCUT2D eigenvalue weighted by Gasteiger charge is 2.28. The van der Waals surface area contributed by atoms with Gasteiger partial charge in [-0.25, -0.2) is 4.79 Å². The van der Waals surface area contributed by atoms with Crippen molar-refractivity contribution in [3.63, 3.8) is 0 Å². The van der Waals surface area contributed by atoms with Crippen LogP contribution in [0.3, 0.4) is 0 Å². The maximum atomic E-state index is 11.6. The summed E-state index contributed by atoms with van der Waals surface area (Å²) in [6.07, 6.45) is 1.08. The van der Waals surface area contributed by atoms with Gasteiger partial charge in [-0.05, 0) is 31.7 Å². The largest absolute Gasteiger partial charge is 0.473 e. The van der Waals surface area contributed by atoms with E-state index in [0.29, 0.717) is 11.8 Å². The first-order chi connectivity index (χ1) is 7.79. The Kier molecular flexibility index (Phi) is 6.34. The number of hydrogen-bond acceptors (Lipinski definition) is 4. The normalized spacial score (nSPS) is 10.5. The van der Waals surface area contributed by atoms with Gasteiger partial charge in [-0.1, -0.05) is 6.58 Å². The molecule has 0 radical (unpaired) electrons. The number of thioether (sulfide) groups is 1. The average Bonchev–Trinajstić information content (AvgIpc) is 2.22. The average molecular weight is 260 g/mol. The minimum Gasteiger partial charge on any atom is -0.473 e. The molecule has 0 rings (SSSR count). The van der Waals surface area contributed by atoms with Gasteiger partial charge in [-0.3, -0.25) is 9.59 Å². The van der Waals surface area contributed by atoms with Crippen LogP contribution in [0.2, 0.25) is 0 Å². The summed E-state index contributed by atoms with van der Waals surface area (Å²) in [6.45, 7) is 6.61. The van der Waals surface area contributed by atoms with E-state index in [0.717, 1.165) is 6.08 Å². The molecule has 0 atom stereocenters. The SMILES string of the molecule is C=CC(=O)NC(C)(C)C(=O)NCCSC(=O)O. The lowest BCUT2D eigenvalue weighted by Gasteiger charge is -2.24. The van der Waals surface area contributed by atoms with E-state index in [1.807, 2.05) is 0 Å². The van der Waals surface area contributed by atoms with Gasteiger partial charge in [0.05, 0.1) is 0 Å². The van der Waals surface area contributed by atoms with Crippen molar-refractivity contribution in [2.24, 2.45) is 0 Å². The molecule has 0 aromatic heterocycles. The third kappa shape index (κ3) is 6.62. The molecule has 0 spiro atoms. The molecule has 0 heterocycles. The number of hydrogen-bond donors (Lipinski definition) is 3. The van der Waals surface area contributed by atoms with E-state index in [4.69, 9.17) is 5.11 Å². The van der Waals surface area contributed by atoms with E-state index in [9.17, 15) is 14.4 Å². The summed E-state index contributed by atoms with van der Waals surface area (Å²) in [5.41, 5.74) is -1.06. The third-order valence-electron chi connectivity index (χ3n) is 1.80. The van der Waals surface area contributed by atoms with Crippen molar-refractivity contribution in [1.29, 1.82) is 0 Å². The minimum atomic E-state index is -1.06. The Bertz CT molecular complexity index is 328. The molecule has 96 valence electrons. The summed E-state index contributed by atoms with van der Waals surface area (Å²) >= 11 is 0.701. The summed E-state index contributed by atoms with van der Waals surface area (Å²) in [4.78, 5) is 32.9. The number of amides is 2. The molecule has 17 heavy (non-hydrogen) atoms. The van der Waals surface area contributed by atoms with Crippen LogP contribution in [0.4, 0.5) is 4.79 Å². The monoisotopic (exact) mass is 260 g/mol. The van der Waals surface area contributed by atoms with E-state index >= 15 is 0 Å². The molecule has 7 heteroatoms. The molecule has 0 bridgehead atoms. The number of nitrogens with one attached hydrogen (secondary N) is 2. The van der Waals surface area contributed by atoms with E-state index < -0.39 is 16.7 Å².